The third-order valence-corrected chi connectivity index (χ3v) is 2.82. The summed E-state index contributed by atoms with van der Waals surface area (Å²) in [6, 6.07) is 4.37. The van der Waals surface area contributed by atoms with E-state index in [1.165, 1.54) is 12.1 Å². The largest absolute Gasteiger partial charge is 0.344 e. The third kappa shape index (κ3) is 0.730. The molecule has 1 aromatic rings. The zero-order chi connectivity index (χ0) is 7.97. The van der Waals surface area contributed by atoms with Crippen molar-refractivity contribution in [1.82, 2.24) is 9.88 Å². The summed E-state index contributed by atoms with van der Waals surface area (Å²) < 4.78 is 2.34. The van der Waals surface area contributed by atoms with Crippen molar-refractivity contribution in [3.05, 3.63) is 29.6 Å². The van der Waals surface area contributed by atoms with Gasteiger partial charge in [-0.3, -0.25) is 0 Å². The first kappa shape index (κ1) is 6.49. The smallest absolute Gasteiger partial charge is 0.0454 e. The van der Waals surface area contributed by atoms with E-state index >= 15 is 0 Å². The second-order valence-electron chi connectivity index (χ2n) is 3.53. The van der Waals surface area contributed by atoms with Crippen LogP contribution in [0.4, 0.5) is 0 Å². The molecule has 0 atom stereocenters. The van der Waals surface area contributed by atoms with Gasteiger partial charge in [0, 0.05) is 25.0 Å². The van der Waals surface area contributed by atoms with Crippen molar-refractivity contribution in [1.29, 1.82) is 0 Å². The zero-order valence-electron chi connectivity index (χ0n) is 7.01. The van der Waals surface area contributed by atoms with E-state index in [1.54, 1.807) is 11.1 Å². The Bertz CT molecular complexity index is 346. The molecule has 2 heteroatoms. The first-order valence-corrected chi connectivity index (χ1v) is 4.52. The number of rotatable bonds is 0. The Kier molecular flexibility index (Phi) is 1.21. The van der Waals surface area contributed by atoms with Gasteiger partial charge in [-0.15, -0.1) is 0 Å². The van der Waals surface area contributed by atoms with Gasteiger partial charge < -0.3 is 9.88 Å². The molecule has 0 aromatic carbocycles. The van der Waals surface area contributed by atoms with Gasteiger partial charge in [0.2, 0.25) is 0 Å². The highest BCUT2D eigenvalue weighted by Gasteiger charge is 2.22. The minimum absolute atomic E-state index is 1.09. The zero-order valence-corrected chi connectivity index (χ0v) is 7.01. The molecule has 0 unspecified atom stereocenters. The fraction of sp³-hybridized carbons (Fsp3) is 0.400. The van der Waals surface area contributed by atoms with Gasteiger partial charge >= 0.3 is 0 Å². The number of fused-ring (bicyclic) bond motifs is 2. The molecule has 2 aliphatic rings. The maximum atomic E-state index is 3.41. The molecule has 0 fully saturated rings. The molecule has 12 heavy (non-hydrogen) atoms. The summed E-state index contributed by atoms with van der Waals surface area (Å²) in [6.45, 7) is 3.35. The molecule has 0 amide bonds. The van der Waals surface area contributed by atoms with Gasteiger partial charge in [0.25, 0.3) is 0 Å². The summed E-state index contributed by atoms with van der Waals surface area (Å²) in [6.07, 6.45) is 3.38. The molecular weight excluding hydrogens is 148 g/mol. The first-order chi connectivity index (χ1) is 5.95. The molecule has 1 N–H and O–H groups in total. The van der Waals surface area contributed by atoms with Gasteiger partial charge in [0.15, 0.2) is 0 Å². The Hall–Kier alpha value is -1.02. The highest BCUT2D eigenvalue weighted by atomic mass is 15.0. The molecule has 0 saturated carbocycles. The van der Waals surface area contributed by atoms with Crippen LogP contribution < -0.4 is 5.32 Å². The van der Waals surface area contributed by atoms with Gasteiger partial charge in [0.05, 0.1) is 0 Å². The Morgan fingerprint density at radius 1 is 1.42 bits per heavy atom. The van der Waals surface area contributed by atoms with Gasteiger partial charge in [-0.1, -0.05) is 0 Å². The van der Waals surface area contributed by atoms with Crippen molar-refractivity contribution in [3.8, 4) is 0 Å². The fourth-order valence-electron chi connectivity index (χ4n) is 2.23. The van der Waals surface area contributed by atoms with Crippen LogP contribution in [-0.4, -0.2) is 17.7 Å². The summed E-state index contributed by atoms with van der Waals surface area (Å²) in [4.78, 5) is 0. The van der Waals surface area contributed by atoms with Crippen LogP contribution in [0.2, 0.25) is 0 Å². The average Bonchev–Trinajstić information content (AvgIpc) is 2.62. The second-order valence-corrected chi connectivity index (χ2v) is 3.53. The predicted octanol–water partition coefficient (Wildman–Crippen LogP) is 1.25. The maximum Gasteiger partial charge on any atom is 0.0454 e. The van der Waals surface area contributed by atoms with E-state index in [4.69, 9.17) is 0 Å². The van der Waals surface area contributed by atoms with E-state index < -0.39 is 0 Å². The molecule has 3 heterocycles. The predicted molar refractivity (Wildman–Crippen MR) is 48.8 cm³/mol. The Morgan fingerprint density at radius 2 is 2.42 bits per heavy atom. The van der Waals surface area contributed by atoms with E-state index in [0.717, 1.165) is 19.6 Å². The van der Waals surface area contributed by atoms with Crippen molar-refractivity contribution < 1.29 is 0 Å². The van der Waals surface area contributed by atoms with E-state index in [1.807, 2.05) is 0 Å². The molecular formula is C10H12N2. The average molecular weight is 160 g/mol. The lowest BCUT2D eigenvalue weighted by molar-refractivity contribution is 0.690. The van der Waals surface area contributed by atoms with Gasteiger partial charge in [0.1, 0.15) is 0 Å². The molecule has 2 nitrogen and oxygen atoms in total. The normalized spacial score (nSPS) is 21.0. The summed E-state index contributed by atoms with van der Waals surface area (Å²) in [5.74, 6) is 0. The number of aromatic nitrogens is 1. The molecule has 2 aliphatic heterocycles. The van der Waals surface area contributed by atoms with E-state index in [2.05, 4.69) is 28.2 Å². The number of hydrogen-bond acceptors (Lipinski definition) is 1. The van der Waals surface area contributed by atoms with Crippen LogP contribution in [0.15, 0.2) is 23.9 Å². The molecule has 0 spiro atoms. The third-order valence-electron chi connectivity index (χ3n) is 2.82. The Balaban J connectivity index is 2.12. The van der Waals surface area contributed by atoms with Crippen molar-refractivity contribution in [3.63, 3.8) is 0 Å². The SMILES string of the molecule is c1cc2n(c1)CC1=C2CCNC1. The number of nitrogens with zero attached hydrogens (tertiary/aromatic N) is 1. The quantitative estimate of drug-likeness (QED) is 0.604. The van der Waals surface area contributed by atoms with Crippen LogP contribution in [0.5, 0.6) is 0 Å². The van der Waals surface area contributed by atoms with Crippen LogP contribution in [0.25, 0.3) is 5.57 Å². The molecule has 0 saturated heterocycles. The topological polar surface area (TPSA) is 17.0 Å². The molecule has 0 aliphatic carbocycles. The minimum atomic E-state index is 1.09. The molecule has 0 bridgehead atoms. The lowest BCUT2D eigenvalue weighted by atomic mass is 10.0. The van der Waals surface area contributed by atoms with Crippen molar-refractivity contribution in [2.45, 2.75) is 13.0 Å². The van der Waals surface area contributed by atoms with Crippen molar-refractivity contribution >= 4 is 5.57 Å². The summed E-state index contributed by atoms with van der Waals surface area (Å²) in [7, 11) is 0. The van der Waals surface area contributed by atoms with E-state index in [9.17, 15) is 0 Å². The number of nitrogens with one attached hydrogen (secondary N) is 1. The van der Waals surface area contributed by atoms with Crippen LogP contribution in [0.1, 0.15) is 12.1 Å². The summed E-state index contributed by atoms with van der Waals surface area (Å²) in [5, 5.41) is 3.41. The van der Waals surface area contributed by atoms with E-state index in [-0.39, 0.29) is 0 Å². The first-order valence-electron chi connectivity index (χ1n) is 4.52. The van der Waals surface area contributed by atoms with Gasteiger partial charge in [-0.2, -0.15) is 0 Å². The lowest BCUT2D eigenvalue weighted by Crippen LogP contribution is -2.23. The highest BCUT2D eigenvalue weighted by molar-refractivity contribution is 5.71. The molecule has 62 valence electrons. The van der Waals surface area contributed by atoms with Gasteiger partial charge in [-0.05, 0) is 36.2 Å². The van der Waals surface area contributed by atoms with Gasteiger partial charge in [-0.25, -0.2) is 0 Å². The maximum absolute atomic E-state index is 3.41. The Morgan fingerprint density at radius 3 is 3.42 bits per heavy atom. The fourth-order valence-corrected chi connectivity index (χ4v) is 2.23. The number of hydrogen-bond donors (Lipinski definition) is 1. The van der Waals surface area contributed by atoms with Crippen LogP contribution in [0, 0.1) is 0 Å². The van der Waals surface area contributed by atoms with E-state index in [0.29, 0.717) is 0 Å². The van der Waals surface area contributed by atoms with Crippen LogP contribution in [0.3, 0.4) is 0 Å². The lowest BCUT2D eigenvalue weighted by Gasteiger charge is -2.14. The van der Waals surface area contributed by atoms with Crippen molar-refractivity contribution in [2.75, 3.05) is 13.1 Å². The summed E-state index contributed by atoms with van der Waals surface area (Å²) >= 11 is 0. The monoisotopic (exact) mass is 160 g/mol. The molecule has 0 radical (unpaired) electrons. The molecule has 3 rings (SSSR count). The highest BCUT2D eigenvalue weighted by Crippen LogP contribution is 2.31. The second kappa shape index (κ2) is 2.23. The Labute approximate surface area is 71.9 Å². The van der Waals surface area contributed by atoms with Crippen LogP contribution >= 0.6 is 0 Å². The standard InChI is InChI=1S/C10H12N2/c1-2-10-9-3-4-11-6-8(9)7-12(10)5-1/h1-2,5,11H,3-4,6-7H2. The summed E-state index contributed by atoms with van der Waals surface area (Å²) in [5.41, 5.74) is 4.64. The minimum Gasteiger partial charge on any atom is -0.344 e. The van der Waals surface area contributed by atoms with Crippen LogP contribution in [-0.2, 0) is 6.54 Å². The molecule has 1 aromatic heterocycles. The van der Waals surface area contributed by atoms with Crippen molar-refractivity contribution in [2.24, 2.45) is 0 Å².